The highest BCUT2D eigenvalue weighted by Crippen LogP contribution is 2.37. The van der Waals surface area contributed by atoms with Gasteiger partial charge < -0.3 is 19.1 Å². The molecule has 0 aromatic heterocycles. The van der Waals surface area contributed by atoms with Crippen LogP contribution in [0.3, 0.4) is 0 Å². The van der Waals surface area contributed by atoms with E-state index in [1.807, 2.05) is 56.0 Å². The van der Waals surface area contributed by atoms with Gasteiger partial charge in [-0.2, -0.15) is 0 Å². The normalized spacial score (nSPS) is 15.2. The maximum atomic E-state index is 13.2. The summed E-state index contributed by atoms with van der Waals surface area (Å²) in [5.41, 5.74) is 3.81. The molecule has 0 N–H and O–H groups in total. The third kappa shape index (κ3) is 6.60. The van der Waals surface area contributed by atoms with Gasteiger partial charge in [-0.25, -0.2) is 9.59 Å². The molecule has 2 aromatic rings. The second kappa shape index (κ2) is 10.6. The molecule has 0 spiro atoms. The summed E-state index contributed by atoms with van der Waals surface area (Å²) >= 11 is 0. The van der Waals surface area contributed by atoms with Gasteiger partial charge in [-0.15, -0.1) is 0 Å². The molecule has 0 radical (unpaired) electrons. The Bertz CT molecular complexity index is 1000. The van der Waals surface area contributed by atoms with Gasteiger partial charge in [0.25, 0.3) is 0 Å². The van der Waals surface area contributed by atoms with Crippen molar-refractivity contribution in [2.24, 2.45) is 0 Å². The van der Waals surface area contributed by atoms with E-state index in [0.29, 0.717) is 6.54 Å². The van der Waals surface area contributed by atoms with Crippen LogP contribution in [0.5, 0.6) is 5.75 Å². The number of nitrogens with zero attached hydrogens (tertiary/aromatic N) is 1. The lowest BCUT2D eigenvalue weighted by molar-refractivity contribution is -0.134. The molecular formula is C27H33NO5. The first-order chi connectivity index (χ1) is 15.7. The summed E-state index contributed by atoms with van der Waals surface area (Å²) in [6, 6.07) is 14.0. The molecule has 1 unspecified atom stereocenters. The SMILES string of the molecule is COC(=O)/C=C/c1ccc2c(c1)CCC2N(CCc1ccc(OC)cc1)C(=O)OC(C)(C)C. The minimum atomic E-state index is -0.570. The molecule has 1 amide bonds. The largest absolute Gasteiger partial charge is 0.497 e. The zero-order valence-electron chi connectivity index (χ0n) is 20.1. The van der Waals surface area contributed by atoms with Crippen molar-refractivity contribution < 1.29 is 23.8 Å². The van der Waals surface area contributed by atoms with Gasteiger partial charge in [-0.05, 0) is 80.5 Å². The predicted molar refractivity (Wildman–Crippen MR) is 128 cm³/mol. The molecule has 6 nitrogen and oxygen atoms in total. The maximum Gasteiger partial charge on any atom is 0.410 e. The van der Waals surface area contributed by atoms with Gasteiger partial charge in [0, 0.05) is 12.6 Å². The fraction of sp³-hybridized carbons (Fsp3) is 0.407. The van der Waals surface area contributed by atoms with Gasteiger partial charge in [-0.1, -0.05) is 30.3 Å². The van der Waals surface area contributed by atoms with E-state index >= 15 is 0 Å². The number of carbonyl (C=O) groups excluding carboxylic acids is 2. The highest BCUT2D eigenvalue weighted by atomic mass is 16.6. The van der Waals surface area contributed by atoms with Crippen molar-refractivity contribution >= 4 is 18.1 Å². The topological polar surface area (TPSA) is 65.1 Å². The smallest absolute Gasteiger partial charge is 0.410 e. The summed E-state index contributed by atoms with van der Waals surface area (Å²) in [6.07, 6.45) is 5.27. The van der Waals surface area contributed by atoms with Gasteiger partial charge in [0.15, 0.2) is 0 Å². The Balaban J connectivity index is 1.81. The average molecular weight is 452 g/mol. The average Bonchev–Trinajstić information content (AvgIpc) is 3.19. The molecule has 0 heterocycles. The Morgan fingerprint density at radius 2 is 1.82 bits per heavy atom. The van der Waals surface area contributed by atoms with E-state index in [0.717, 1.165) is 41.7 Å². The van der Waals surface area contributed by atoms with Crippen LogP contribution >= 0.6 is 0 Å². The lowest BCUT2D eigenvalue weighted by atomic mass is 10.0. The number of rotatable bonds is 7. The number of hydrogen-bond donors (Lipinski definition) is 0. The summed E-state index contributed by atoms with van der Waals surface area (Å²) in [5.74, 6) is 0.424. The number of esters is 1. The van der Waals surface area contributed by atoms with Crippen LogP contribution in [0, 0.1) is 0 Å². The van der Waals surface area contributed by atoms with Crippen LogP contribution in [-0.2, 0) is 27.1 Å². The second-order valence-electron chi connectivity index (χ2n) is 9.14. The molecule has 1 aliphatic rings. The van der Waals surface area contributed by atoms with E-state index in [1.165, 1.54) is 18.7 Å². The number of ether oxygens (including phenoxy) is 3. The summed E-state index contributed by atoms with van der Waals surface area (Å²) in [7, 11) is 3.00. The zero-order chi connectivity index (χ0) is 24.0. The molecule has 1 aliphatic carbocycles. The molecular weight excluding hydrogens is 418 g/mol. The van der Waals surface area contributed by atoms with Gasteiger partial charge in [0.1, 0.15) is 11.4 Å². The predicted octanol–water partition coefficient (Wildman–Crippen LogP) is 5.35. The van der Waals surface area contributed by atoms with Gasteiger partial charge >= 0.3 is 12.1 Å². The van der Waals surface area contributed by atoms with Crippen molar-refractivity contribution in [3.63, 3.8) is 0 Å². The molecule has 0 aliphatic heterocycles. The van der Waals surface area contributed by atoms with E-state index < -0.39 is 5.60 Å². The van der Waals surface area contributed by atoms with Gasteiger partial charge in [0.2, 0.25) is 0 Å². The first-order valence-corrected chi connectivity index (χ1v) is 11.2. The third-order valence-electron chi connectivity index (χ3n) is 5.63. The minimum absolute atomic E-state index is 0.0493. The molecule has 33 heavy (non-hydrogen) atoms. The van der Waals surface area contributed by atoms with E-state index in [-0.39, 0.29) is 18.1 Å². The minimum Gasteiger partial charge on any atom is -0.497 e. The Kier molecular flexibility index (Phi) is 7.79. The van der Waals surface area contributed by atoms with Crippen LogP contribution in [0.4, 0.5) is 4.79 Å². The molecule has 2 aromatic carbocycles. The van der Waals surface area contributed by atoms with Crippen molar-refractivity contribution in [3.05, 3.63) is 70.8 Å². The van der Waals surface area contributed by atoms with Crippen molar-refractivity contribution in [3.8, 4) is 5.75 Å². The van der Waals surface area contributed by atoms with Crippen molar-refractivity contribution in [2.75, 3.05) is 20.8 Å². The Labute approximate surface area is 196 Å². The summed E-state index contributed by atoms with van der Waals surface area (Å²) in [4.78, 5) is 26.4. The van der Waals surface area contributed by atoms with Crippen LogP contribution in [0.2, 0.25) is 0 Å². The van der Waals surface area contributed by atoms with E-state index in [9.17, 15) is 9.59 Å². The van der Waals surface area contributed by atoms with Crippen molar-refractivity contribution in [2.45, 2.75) is 51.7 Å². The van der Waals surface area contributed by atoms with Gasteiger partial charge in [-0.3, -0.25) is 0 Å². The van der Waals surface area contributed by atoms with Crippen LogP contribution < -0.4 is 4.74 Å². The molecule has 0 bridgehead atoms. The summed E-state index contributed by atoms with van der Waals surface area (Å²) in [5, 5.41) is 0. The van der Waals surface area contributed by atoms with Crippen LogP contribution in [-0.4, -0.2) is 43.3 Å². The number of benzene rings is 2. The van der Waals surface area contributed by atoms with Crippen molar-refractivity contribution in [1.82, 2.24) is 4.90 Å². The number of fused-ring (bicyclic) bond motifs is 1. The van der Waals surface area contributed by atoms with Crippen molar-refractivity contribution in [1.29, 1.82) is 0 Å². The lowest BCUT2D eigenvalue weighted by Crippen LogP contribution is -2.40. The number of carbonyl (C=O) groups is 2. The summed E-state index contributed by atoms with van der Waals surface area (Å²) < 4.78 is 15.7. The highest BCUT2D eigenvalue weighted by Gasteiger charge is 2.33. The third-order valence-corrected chi connectivity index (χ3v) is 5.63. The number of hydrogen-bond acceptors (Lipinski definition) is 5. The highest BCUT2D eigenvalue weighted by molar-refractivity contribution is 5.87. The fourth-order valence-electron chi connectivity index (χ4n) is 4.01. The first kappa shape index (κ1) is 24.4. The van der Waals surface area contributed by atoms with E-state index in [4.69, 9.17) is 9.47 Å². The number of methoxy groups -OCH3 is 2. The molecule has 0 saturated carbocycles. The van der Waals surface area contributed by atoms with Crippen LogP contribution in [0.15, 0.2) is 48.5 Å². The standard InChI is InChI=1S/C27H33NO5/c1-27(2,3)33-26(30)28(17-16-19-6-11-22(31-4)12-7-19)24-14-10-21-18-20(8-13-23(21)24)9-15-25(29)32-5/h6-9,11-13,15,18,24H,10,14,16-17H2,1-5H3/b15-9+. The first-order valence-electron chi connectivity index (χ1n) is 11.2. The van der Waals surface area contributed by atoms with Crippen LogP contribution in [0.1, 0.15) is 55.5 Å². The monoisotopic (exact) mass is 451 g/mol. The fourth-order valence-corrected chi connectivity index (χ4v) is 4.01. The quantitative estimate of drug-likeness (QED) is 0.419. The molecule has 1 atom stereocenters. The Morgan fingerprint density at radius 1 is 1.09 bits per heavy atom. The van der Waals surface area contributed by atoms with E-state index in [2.05, 4.69) is 16.9 Å². The molecule has 3 rings (SSSR count). The van der Waals surface area contributed by atoms with Crippen LogP contribution in [0.25, 0.3) is 6.08 Å². The second-order valence-corrected chi connectivity index (χ2v) is 9.14. The Morgan fingerprint density at radius 3 is 2.45 bits per heavy atom. The van der Waals surface area contributed by atoms with Gasteiger partial charge in [0.05, 0.1) is 20.3 Å². The lowest BCUT2D eigenvalue weighted by Gasteiger charge is -2.32. The molecule has 6 heteroatoms. The van der Waals surface area contributed by atoms with E-state index in [1.54, 1.807) is 13.2 Å². The zero-order valence-corrected chi connectivity index (χ0v) is 20.1. The number of aryl methyl sites for hydroxylation is 1. The maximum absolute atomic E-state index is 13.2. The number of amides is 1. The molecule has 0 saturated heterocycles. The Hall–Kier alpha value is -3.28. The molecule has 0 fully saturated rings. The summed E-state index contributed by atoms with van der Waals surface area (Å²) in [6.45, 7) is 6.20. The molecule has 176 valence electrons.